The van der Waals surface area contributed by atoms with Crippen molar-refractivity contribution in [1.29, 1.82) is 0 Å². The van der Waals surface area contributed by atoms with Crippen LogP contribution in [0.1, 0.15) is 27.4 Å². The van der Waals surface area contributed by atoms with Crippen LogP contribution in [0.5, 0.6) is 5.75 Å². The molecular weight excluding hydrogens is 291 g/mol. The number of carboxylic acid groups (broad SMARTS) is 1. The summed E-state index contributed by atoms with van der Waals surface area (Å²) in [4.78, 5) is 10.9. The highest BCUT2D eigenvalue weighted by Gasteiger charge is 2.30. The molecule has 0 spiro atoms. The van der Waals surface area contributed by atoms with Gasteiger partial charge in [-0.25, -0.2) is 4.79 Å². The summed E-state index contributed by atoms with van der Waals surface area (Å²) < 4.78 is 47.2. The summed E-state index contributed by atoms with van der Waals surface area (Å²) in [6.07, 6.45) is -4.42. The van der Waals surface area contributed by atoms with Crippen molar-refractivity contribution in [3.63, 3.8) is 0 Å². The van der Waals surface area contributed by atoms with E-state index in [1.807, 2.05) is 0 Å². The maximum atomic E-state index is 12.4. The predicted molar refractivity (Wildman–Crippen MR) is 64.0 cm³/mol. The molecule has 0 bridgehead atoms. The van der Waals surface area contributed by atoms with Crippen LogP contribution in [-0.2, 0) is 12.8 Å². The Morgan fingerprint density at radius 1 is 1.33 bits per heavy atom. The van der Waals surface area contributed by atoms with Crippen LogP contribution >= 0.6 is 0 Å². The van der Waals surface area contributed by atoms with Gasteiger partial charge in [-0.1, -0.05) is 5.16 Å². The minimum atomic E-state index is -4.42. The van der Waals surface area contributed by atoms with Gasteiger partial charge in [0.1, 0.15) is 18.1 Å². The Morgan fingerprint density at radius 3 is 2.48 bits per heavy atom. The number of aryl methyl sites for hydroxylation is 1. The van der Waals surface area contributed by atoms with Crippen molar-refractivity contribution in [2.45, 2.75) is 19.7 Å². The van der Waals surface area contributed by atoms with Gasteiger partial charge < -0.3 is 14.4 Å². The molecule has 112 valence electrons. The number of hydrogen-bond acceptors (Lipinski definition) is 4. The molecule has 8 heteroatoms. The highest BCUT2D eigenvalue weighted by atomic mass is 19.4. The van der Waals surface area contributed by atoms with Crippen LogP contribution in [0.25, 0.3) is 0 Å². The average molecular weight is 301 g/mol. The van der Waals surface area contributed by atoms with E-state index in [4.69, 9.17) is 14.4 Å². The smallest absolute Gasteiger partial charge is 0.416 e. The van der Waals surface area contributed by atoms with E-state index >= 15 is 0 Å². The molecule has 2 rings (SSSR count). The van der Waals surface area contributed by atoms with Crippen molar-refractivity contribution in [1.82, 2.24) is 5.16 Å². The van der Waals surface area contributed by atoms with Crippen LogP contribution in [0.15, 0.2) is 28.8 Å². The molecule has 0 saturated carbocycles. The number of carbonyl (C=O) groups is 1. The van der Waals surface area contributed by atoms with Gasteiger partial charge in [0.15, 0.2) is 5.69 Å². The number of halogens is 3. The molecule has 0 saturated heterocycles. The summed E-state index contributed by atoms with van der Waals surface area (Å²) in [6.45, 7) is 1.35. The van der Waals surface area contributed by atoms with Crippen molar-refractivity contribution in [2.75, 3.05) is 0 Å². The van der Waals surface area contributed by atoms with Gasteiger partial charge in [0.05, 0.1) is 11.1 Å². The molecule has 0 unspecified atom stereocenters. The third-order valence-electron chi connectivity index (χ3n) is 2.75. The summed E-state index contributed by atoms with van der Waals surface area (Å²) in [5.74, 6) is -0.808. The van der Waals surface area contributed by atoms with Crippen molar-refractivity contribution >= 4 is 5.97 Å². The molecule has 0 atom stereocenters. The Balaban J connectivity index is 2.10. The molecule has 0 amide bonds. The lowest BCUT2D eigenvalue weighted by Crippen LogP contribution is -2.06. The SMILES string of the molecule is Cc1onc(C(=O)O)c1COc1ccc(C(F)(F)F)cc1. The second kappa shape index (κ2) is 5.47. The largest absolute Gasteiger partial charge is 0.489 e. The van der Waals surface area contributed by atoms with Crippen molar-refractivity contribution in [3.8, 4) is 5.75 Å². The lowest BCUT2D eigenvalue weighted by atomic mass is 10.2. The zero-order valence-electron chi connectivity index (χ0n) is 10.8. The van der Waals surface area contributed by atoms with Crippen molar-refractivity contribution in [3.05, 3.63) is 46.8 Å². The molecule has 0 radical (unpaired) electrons. The predicted octanol–water partition coefficient (Wildman–Crippen LogP) is 3.28. The number of ether oxygens (including phenoxy) is 1. The Hall–Kier alpha value is -2.51. The molecule has 1 aromatic heterocycles. The van der Waals surface area contributed by atoms with Gasteiger partial charge in [-0.3, -0.25) is 0 Å². The Labute approximate surface area is 116 Å². The number of nitrogens with zero attached hydrogens (tertiary/aromatic N) is 1. The minimum absolute atomic E-state index is 0.164. The van der Waals surface area contributed by atoms with Gasteiger partial charge in [0.2, 0.25) is 0 Å². The van der Waals surface area contributed by atoms with E-state index in [1.165, 1.54) is 6.92 Å². The third kappa shape index (κ3) is 3.33. The third-order valence-corrected chi connectivity index (χ3v) is 2.75. The van der Waals surface area contributed by atoms with E-state index in [0.29, 0.717) is 0 Å². The number of benzene rings is 1. The maximum absolute atomic E-state index is 12.4. The van der Waals surface area contributed by atoms with E-state index in [9.17, 15) is 18.0 Å². The summed E-state index contributed by atoms with van der Waals surface area (Å²) in [5, 5.41) is 12.3. The number of alkyl halides is 3. The first-order valence-electron chi connectivity index (χ1n) is 5.77. The number of carboxylic acids is 1. The molecule has 0 fully saturated rings. The molecule has 5 nitrogen and oxygen atoms in total. The van der Waals surface area contributed by atoms with Crippen LogP contribution in [0, 0.1) is 6.92 Å². The zero-order chi connectivity index (χ0) is 15.6. The molecule has 0 aliphatic carbocycles. The first-order valence-corrected chi connectivity index (χ1v) is 5.77. The van der Waals surface area contributed by atoms with Crippen molar-refractivity contribution < 1.29 is 32.3 Å². The summed E-state index contributed by atoms with van der Waals surface area (Å²) >= 11 is 0. The van der Waals surface area contributed by atoms with Crippen molar-refractivity contribution in [2.24, 2.45) is 0 Å². The second-order valence-electron chi connectivity index (χ2n) is 4.18. The summed E-state index contributed by atoms with van der Waals surface area (Å²) in [5.41, 5.74) is -0.830. The van der Waals surface area contributed by atoms with Crippen LogP contribution in [-0.4, -0.2) is 16.2 Å². The Morgan fingerprint density at radius 2 is 1.95 bits per heavy atom. The molecule has 21 heavy (non-hydrogen) atoms. The normalized spacial score (nSPS) is 11.4. The fraction of sp³-hybridized carbons (Fsp3) is 0.231. The average Bonchev–Trinajstić information content (AvgIpc) is 2.77. The summed E-state index contributed by atoms with van der Waals surface area (Å²) in [6, 6.07) is 4.08. The van der Waals surface area contributed by atoms with E-state index in [-0.39, 0.29) is 29.4 Å². The van der Waals surface area contributed by atoms with E-state index in [1.54, 1.807) is 0 Å². The molecule has 2 aromatic rings. The monoisotopic (exact) mass is 301 g/mol. The molecule has 1 aromatic carbocycles. The van der Waals surface area contributed by atoms with E-state index < -0.39 is 17.7 Å². The van der Waals surface area contributed by atoms with Crippen LogP contribution < -0.4 is 4.74 Å². The quantitative estimate of drug-likeness (QED) is 0.938. The lowest BCUT2D eigenvalue weighted by Gasteiger charge is -2.09. The first-order chi connectivity index (χ1) is 9.79. The minimum Gasteiger partial charge on any atom is -0.489 e. The summed E-state index contributed by atoms with van der Waals surface area (Å²) in [7, 11) is 0. The molecule has 0 aliphatic heterocycles. The number of aromatic carboxylic acids is 1. The van der Waals surface area contributed by atoms with Crippen LogP contribution in [0.3, 0.4) is 0 Å². The van der Waals surface area contributed by atoms with Gasteiger partial charge in [-0.05, 0) is 31.2 Å². The van der Waals surface area contributed by atoms with Gasteiger partial charge in [-0.15, -0.1) is 0 Å². The van der Waals surface area contributed by atoms with Gasteiger partial charge >= 0.3 is 12.1 Å². The van der Waals surface area contributed by atoms with Crippen LogP contribution in [0.2, 0.25) is 0 Å². The van der Waals surface area contributed by atoms with Gasteiger partial charge in [0, 0.05) is 0 Å². The first kappa shape index (κ1) is 14.9. The Kier molecular flexibility index (Phi) is 3.88. The fourth-order valence-corrected chi connectivity index (χ4v) is 1.62. The molecular formula is C13H10F3NO4. The molecule has 1 heterocycles. The topological polar surface area (TPSA) is 72.6 Å². The maximum Gasteiger partial charge on any atom is 0.416 e. The Bertz CT molecular complexity index is 646. The van der Waals surface area contributed by atoms with Gasteiger partial charge in [0.25, 0.3) is 0 Å². The number of hydrogen-bond donors (Lipinski definition) is 1. The molecule has 1 N–H and O–H groups in total. The fourth-order valence-electron chi connectivity index (χ4n) is 1.62. The standard InChI is InChI=1S/C13H10F3NO4/c1-7-10(11(12(18)19)17-21-7)6-20-9-4-2-8(3-5-9)13(14,15)16/h2-5H,6H2,1H3,(H,18,19). The number of rotatable bonds is 4. The van der Waals surface area contributed by atoms with Gasteiger partial charge in [-0.2, -0.15) is 13.2 Å². The van der Waals surface area contributed by atoms with Crippen LogP contribution in [0.4, 0.5) is 13.2 Å². The van der Waals surface area contributed by atoms with E-state index in [0.717, 1.165) is 24.3 Å². The highest BCUT2D eigenvalue weighted by molar-refractivity contribution is 5.87. The highest BCUT2D eigenvalue weighted by Crippen LogP contribution is 2.30. The van der Waals surface area contributed by atoms with E-state index in [2.05, 4.69) is 5.16 Å². The zero-order valence-corrected chi connectivity index (χ0v) is 10.8. The molecule has 0 aliphatic rings. The second-order valence-corrected chi connectivity index (χ2v) is 4.18. The lowest BCUT2D eigenvalue weighted by molar-refractivity contribution is -0.137. The number of aromatic nitrogens is 1.